The fourth-order valence-corrected chi connectivity index (χ4v) is 3.65. The molecule has 4 rings (SSSR count). The predicted molar refractivity (Wildman–Crippen MR) is 93.3 cm³/mol. The van der Waals surface area contributed by atoms with E-state index in [1.165, 1.54) is 0 Å². The van der Waals surface area contributed by atoms with Crippen molar-refractivity contribution in [3.8, 4) is 0 Å². The van der Waals surface area contributed by atoms with Gasteiger partial charge in [-0.05, 0) is 22.9 Å². The molecule has 0 saturated heterocycles. The molecule has 0 atom stereocenters. The summed E-state index contributed by atoms with van der Waals surface area (Å²) < 4.78 is 3.26. The van der Waals surface area contributed by atoms with E-state index in [0.717, 1.165) is 22.9 Å². The molecular weight excluding hydrogens is 314 g/mol. The van der Waals surface area contributed by atoms with Gasteiger partial charge >= 0.3 is 0 Å². The lowest BCUT2D eigenvalue weighted by molar-refractivity contribution is 0.298. The van der Waals surface area contributed by atoms with Gasteiger partial charge in [-0.2, -0.15) is 5.12 Å². The van der Waals surface area contributed by atoms with Gasteiger partial charge in [0.05, 0.1) is 5.69 Å². The Labute approximate surface area is 136 Å². The molecule has 0 radical (unpaired) electrons. The van der Waals surface area contributed by atoms with Crippen LogP contribution < -0.4 is 15.3 Å². The summed E-state index contributed by atoms with van der Waals surface area (Å²) in [5.74, 6) is 1.77. The third-order valence-electron chi connectivity index (χ3n) is 3.21. The SMILES string of the molecule is C1=C(N2NC(c3ccccc3)=NN2c2ccccc2)NSS1. The van der Waals surface area contributed by atoms with E-state index in [0.29, 0.717) is 0 Å². The van der Waals surface area contributed by atoms with Gasteiger partial charge in [-0.1, -0.05) is 48.5 Å². The molecule has 0 spiro atoms. The van der Waals surface area contributed by atoms with Gasteiger partial charge in [0.1, 0.15) is 0 Å². The Morgan fingerprint density at radius 1 is 0.909 bits per heavy atom. The van der Waals surface area contributed by atoms with Crippen LogP contribution in [-0.2, 0) is 0 Å². The second kappa shape index (κ2) is 5.86. The van der Waals surface area contributed by atoms with Crippen LogP contribution in [0.4, 0.5) is 5.69 Å². The first-order valence-electron chi connectivity index (χ1n) is 6.76. The highest BCUT2D eigenvalue weighted by Gasteiger charge is 2.29. The fraction of sp³-hybridized carbons (Fsp3) is 0. The Balaban J connectivity index is 1.71. The highest BCUT2D eigenvalue weighted by molar-refractivity contribution is 8.77. The van der Waals surface area contributed by atoms with Crippen molar-refractivity contribution >= 4 is 33.3 Å². The van der Waals surface area contributed by atoms with Gasteiger partial charge in [-0.25, -0.2) is 0 Å². The molecule has 7 heteroatoms. The Bertz CT molecular complexity index is 717. The fourth-order valence-electron chi connectivity index (χ4n) is 2.18. The van der Waals surface area contributed by atoms with Gasteiger partial charge in [0.2, 0.25) is 0 Å². The molecule has 2 N–H and O–H groups in total. The molecule has 2 aliphatic heterocycles. The van der Waals surface area contributed by atoms with E-state index < -0.39 is 0 Å². The van der Waals surface area contributed by atoms with Crippen molar-refractivity contribution in [3.05, 3.63) is 77.5 Å². The topological polar surface area (TPSA) is 42.9 Å². The van der Waals surface area contributed by atoms with Crippen LogP contribution in [0.3, 0.4) is 0 Å². The van der Waals surface area contributed by atoms with Gasteiger partial charge in [-0.3, -0.25) is 5.43 Å². The maximum atomic E-state index is 4.72. The molecule has 2 aliphatic rings. The van der Waals surface area contributed by atoms with Gasteiger partial charge in [-0.15, -0.1) is 10.2 Å². The number of hydrazone groups is 1. The minimum Gasteiger partial charge on any atom is -0.303 e. The number of para-hydroxylation sites is 1. The lowest BCUT2D eigenvalue weighted by Gasteiger charge is -2.27. The molecule has 2 aromatic rings. The molecule has 0 saturated carbocycles. The molecule has 0 fully saturated rings. The maximum absolute atomic E-state index is 4.72. The van der Waals surface area contributed by atoms with Crippen molar-refractivity contribution < 1.29 is 0 Å². The third-order valence-corrected chi connectivity index (χ3v) is 4.75. The molecule has 0 bridgehead atoms. The lowest BCUT2D eigenvalue weighted by Crippen LogP contribution is -2.45. The number of rotatable bonds is 3. The van der Waals surface area contributed by atoms with Gasteiger partial charge in [0, 0.05) is 22.0 Å². The lowest BCUT2D eigenvalue weighted by atomic mass is 10.2. The molecule has 22 heavy (non-hydrogen) atoms. The van der Waals surface area contributed by atoms with E-state index in [4.69, 9.17) is 5.10 Å². The number of nitrogens with one attached hydrogen (secondary N) is 2. The minimum atomic E-state index is 0.814. The van der Waals surface area contributed by atoms with Gasteiger partial charge in [0.25, 0.3) is 0 Å². The molecule has 0 aliphatic carbocycles. The van der Waals surface area contributed by atoms with Crippen molar-refractivity contribution in [3.63, 3.8) is 0 Å². The highest BCUT2D eigenvalue weighted by atomic mass is 33.1. The van der Waals surface area contributed by atoms with Crippen molar-refractivity contribution in [2.75, 3.05) is 5.12 Å². The number of hydrogen-bond donors (Lipinski definition) is 2. The van der Waals surface area contributed by atoms with E-state index in [-0.39, 0.29) is 0 Å². The standard InChI is InChI=1S/C15H13N5S2/c1-3-7-12(8-4-1)15-16-19(13-9-5-2-6-10-13)20(17-15)14-11-21-22-18-14/h1-11,18H,(H,16,17). The quantitative estimate of drug-likeness (QED) is 0.666. The van der Waals surface area contributed by atoms with E-state index in [2.05, 4.69) is 15.6 Å². The average Bonchev–Trinajstić information content (AvgIpc) is 3.26. The van der Waals surface area contributed by atoms with Crippen LogP contribution in [0.1, 0.15) is 5.56 Å². The second-order valence-electron chi connectivity index (χ2n) is 4.65. The summed E-state index contributed by atoms with van der Waals surface area (Å²) in [4.78, 5) is 0. The molecule has 0 amide bonds. The summed E-state index contributed by atoms with van der Waals surface area (Å²) in [6.07, 6.45) is 0. The molecule has 0 unspecified atom stereocenters. The number of hydrogen-bond acceptors (Lipinski definition) is 7. The van der Waals surface area contributed by atoms with Crippen molar-refractivity contribution in [1.29, 1.82) is 0 Å². The summed E-state index contributed by atoms with van der Waals surface area (Å²) in [6.45, 7) is 0. The number of benzene rings is 2. The number of nitrogens with zero attached hydrogens (tertiary/aromatic N) is 3. The zero-order valence-electron chi connectivity index (χ0n) is 11.5. The summed E-state index contributed by atoms with van der Waals surface area (Å²) in [5, 5.41) is 10.5. The summed E-state index contributed by atoms with van der Waals surface area (Å²) in [5.41, 5.74) is 5.39. The van der Waals surface area contributed by atoms with Crippen LogP contribution in [0.25, 0.3) is 0 Å². The molecule has 2 aromatic carbocycles. The zero-order chi connectivity index (χ0) is 14.8. The van der Waals surface area contributed by atoms with Crippen LogP contribution in [-0.4, -0.2) is 11.0 Å². The average molecular weight is 327 g/mol. The molecular formula is C15H13N5S2. The summed E-state index contributed by atoms with van der Waals surface area (Å²) >= 11 is 0. The predicted octanol–water partition coefficient (Wildman–Crippen LogP) is 3.29. The Hall–Kier alpha value is -2.25. The van der Waals surface area contributed by atoms with Crippen LogP contribution in [0, 0.1) is 0 Å². The third kappa shape index (κ3) is 2.49. The van der Waals surface area contributed by atoms with E-state index >= 15 is 0 Å². The Kier molecular flexibility index (Phi) is 3.57. The van der Waals surface area contributed by atoms with E-state index in [1.807, 2.05) is 70.9 Å². The van der Waals surface area contributed by atoms with Crippen LogP contribution >= 0.6 is 21.8 Å². The molecule has 2 heterocycles. The summed E-state index contributed by atoms with van der Waals surface area (Å²) in [6, 6.07) is 20.2. The normalized spacial score (nSPS) is 16.9. The van der Waals surface area contributed by atoms with Gasteiger partial charge < -0.3 is 4.72 Å². The van der Waals surface area contributed by atoms with E-state index in [9.17, 15) is 0 Å². The highest BCUT2D eigenvalue weighted by Crippen LogP contribution is 2.32. The van der Waals surface area contributed by atoms with Crippen LogP contribution in [0.5, 0.6) is 0 Å². The first kappa shape index (κ1) is 13.4. The minimum absolute atomic E-state index is 0.814. The van der Waals surface area contributed by atoms with Crippen molar-refractivity contribution in [1.82, 2.24) is 15.3 Å². The number of amidine groups is 1. The zero-order valence-corrected chi connectivity index (χ0v) is 13.1. The van der Waals surface area contributed by atoms with Crippen LogP contribution in [0.2, 0.25) is 0 Å². The van der Waals surface area contributed by atoms with Gasteiger partial charge in [0.15, 0.2) is 11.7 Å². The Morgan fingerprint density at radius 3 is 2.32 bits per heavy atom. The Morgan fingerprint density at radius 2 is 1.64 bits per heavy atom. The monoisotopic (exact) mass is 327 g/mol. The smallest absolute Gasteiger partial charge is 0.176 e. The molecule has 0 aromatic heterocycles. The summed E-state index contributed by atoms with van der Waals surface area (Å²) in [7, 11) is 3.23. The number of anilines is 1. The first-order valence-corrected chi connectivity index (χ1v) is 8.97. The van der Waals surface area contributed by atoms with Crippen molar-refractivity contribution in [2.24, 2.45) is 5.10 Å². The first-order chi connectivity index (χ1) is 10.9. The largest absolute Gasteiger partial charge is 0.303 e. The molecule has 110 valence electrons. The maximum Gasteiger partial charge on any atom is 0.176 e. The number of hydrazine groups is 2. The van der Waals surface area contributed by atoms with E-state index in [1.54, 1.807) is 21.8 Å². The van der Waals surface area contributed by atoms with Crippen LogP contribution in [0.15, 0.2) is 77.0 Å². The second-order valence-corrected chi connectivity index (χ2v) is 6.52. The van der Waals surface area contributed by atoms with Crippen molar-refractivity contribution in [2.45, 2.75) is 0 Å². The molecule has 5 nitrogen and oxygen atoms in total.